The molecule has 0 spiro atoms. The normalized spacial score (nSPS) is 10.5. The molecule has 1 amide bonds. The van der Waals surface area contributed by atoms with E-state index in [-0.39, 0.29) is 11.6 Å². The summed E-state index contributed by atoms with van der Waals surface area (Å²) in [6, 6.07) is 4.26. The third-order valence-electron chi connectivity index (χ3n) is 4.24. The summed E-state index contributed by atoms with van der Waals surface area (Å²) in [5.74, 6) is 0.191. The number of nitro groups is 1. The Labute approximate surface area is 156 Å². The number of non-ortho nitro benzene ring substituents is 1. The van der Waals surface area contributed by atoms with E-state index < -0.39 is 4.92 Å². The lowest BCUT2D eigenvalue weighted by atomic mass is 10.1. The maximum Gasteiger partial charge on any atom is 0.271 e. The average molecular weight is 364 g/mol. The van der Waals surface area contributed by atoms with Crippen LogP contribution in [0.25, 0.3) is 0 Å². The fraction of sp³-hybridized carbons (Fsp3) is 0.650. The molecular weight excluding hydrogens is 332 g/mol. The molecule has 0 bridgehead atoms. The number of amides is 1. The van der Waals surface area contributed by atoms with Crippen LogP contribution in [0.1, 0.15) is 78.1 Å². The van der Waals surface area contributed by atoms with Crippen molar-refractivity contribution in [3.63, 3.8) is 0 Å². The number of ether oxygens (including phenoxy) is 1. The van der Waals surface area contributed by atoms with Gasteiger partial charge in [0.2, 0.25) is 5.91 Å². The highest BCUT2D eigenvalue weighted by atomic mass is 16.6. The molecule has 1 aromatic carbocycles. The topological polar surface area (TPSA) is 81.5 Å². The van der Waals surface area contributed by atoms with Crippen molar-refractivity contribution >= 4 is 17.3 Å². The highest BCUT2D eigenvalue weighted by Gasteiger charge is 2.12. The van der Waals surface area contributed by atoms with Gasteiger partial charge in [-0.15, -0.1) is 0 Å². The summed E-state index contributed by atoms with van der Waals surface area (Å²) in [5, 5.41) is 13.5. The maximum absolute atomic E-state index is 11.3. The van der Waals surface area contributed by atoms with Crippen molar-refractivity contribution < 1.29 is 14.5 Å². The fourth-order valence-corrected chi connectivity index (χ4v) is 2.82. The van der Waals surface area contributed by atoms with E-state index in [1.54, 1.807) is 6.07 Å². The Morgan fingerprint density at radius 2 is 1.62 bits per heavy atom. The summed E-state index contributed by atoms with van der Waals surface area (Å²) in [6.45, 7) is 4.14. The molecule has 6 heteroatoms. The van der Waals surface area contributed by atoms with Crippen molar-refractivity contribution in [2.75, 3.05) is 11.9 Å². The number of carbonyl (C=O) groups is 1. The molecule has 0 aliphatic rings. The number of nitro benzene ring substituents is 1. The standard InChI is InChI=1S/C20H32N2O4/c1-3-4-5-6-7-8-9-10-11-12-15-26-20-14-13-18(22(24)25)16-19(20)21-17(2)23/h13-14,16H,3-12,15H2,1-2H3,(H,21,23). The van der Waals surface area contributed by atoms with Crippen molar-refractivity contribution in [3.05, 3.63) is 28.3 Å². The summed E-state index contributed by atoms with van der Waals surface area (Å²) in [5.41, 5.74) is 0.277. The Kier molecular flexibility index (Phi) is 11.1. The summed E-state index contributed by atoms with van der Waals surface area (Å²) in [7, 11) is 0. The molecule has 146 valence electrons. The predicted octanol–water partition coefficient (Wildman–Crippen LogP) is 5.85. The van der Waals surface area contributed by atoms with Crippen LogP contribution in [0.3, 0.4) is 0 Å². The Bertz CT molecular complexity index is 561. The van der Waals surface area contributed by atoms with E-state index in [0.717, 1.165) is 12.8 Å². The van der Waals surface area contributed by atoms with Crippen LogP contribution in [0.4, 0.5) is 11.4 Å². The van der Waals surface area contributed by atoms with Crippen molar-refractivity contribution in [3.8, 4) is 5.75 Å². The second-order valence-corrected chi connectivity index (χ2v) is 6.65. The van der Waals surface area contributed by atoms with Crippen LogP contribution in [-0.2, 0) is 4.79 Å². The van der Waals surface area contributed by atoms with Crippen LogP contribution in [0.15, 0.2) is 18.2 Å². The van der Waals surface area contributed by atoms with Gasteiger partial charge in [0.15, 0.2) is 0 Å². The monoisotopic (exact) mass is 364 g/mol. The number of unbranched alkanes of at least 4 members (excludes halogenated alkanes) is 9. The van der Waals surface area contributed by atoms with Gasteiger partial charge in [-0.25, -0.2) is 0 Å². The predicted molar refractivity (Wildman–Crippen MR) is 105 cm³/mol. The van der Waals surface area contributed by atoms with Crippen LogP contribution in [0.2, 0.25) is 0 Å². The van der Waals surface area contributed by atoms with E-state index in [1.165, 1.54) is 70.4 Å². The molecule has 1 aromatic rings. The largest absolute Gasteiger partial charge is 0.491 e. The first-order valence-electron chi connectivity index (χ1n) is 9.73. The molecule has 0 heterocycles. The number of benzene rings is 1. The van der Waals surface area contributed by atoms with Gasteiger partial charge < -0.3 is 10.1 Å². The molecule has 0 saturated carbocycles. The second-order valence-electron chi connectivity index (χ2n) is 6.65. The minimum atomic E-state index is -0.489. The van der Waals surface area contributed by atoms with E-state index in [1.807, 2.05) is 0 Å². The fourth-order valence-electron chi connectivity index (χ4n) is 2.82. The number of hydrogen-bond donors (Lipinski definition) is 1. The minimum Gasteiger partial charge on any atom is -0.491 e. The Balaban J connectivity index is 2.25. The van der Waals surface area contributed by atoms with Gasteiger partial charge >= 0.3 is 0 Å². The van der Waals surface area contributed by atoms with Crippen LogP contribution in [0.5, 0.6) is 5.75 Å². The Morgan fingerprint density at radius 1 is 1.04 bits per heavy atom. The lowest BCUT2D eigenvalue weighted by molar-refractivity contribution is -0.384. The van der Waals surface area contributed by atoms with Crippen molar-refractivity contribution in [1.29, 1.82) is 0 Å². The number of carbonyl (C=O) groups excluding carboxylic acids is 1. The van der Waals surface area contributed by atoms with Gasteiger partial charge in [-0.2, -0.15) is 0 Å². The van der Waals surface area contributed by atoms with Gasteiger partial charge in [0, 0.05) is 19.1 Å². The molecule has 1 rings (SSSR count). The minimum absolute atomic E-state index is 0.0694. The molecule has 1 N–H and O–H groups in total. The molecular formula is C20H32N2O4. The van der Waals surface area contributed by atoms with Crippen LogP contribution in [-0.4, -0.2) is 17.4 Å². The van der Waals surface area contributed by atoms with Gasteiger partial charge in [-0.1, -0.05) is 64.7 Å². The smallest absolute Gasteiger partial charge is 0.271 e. The lowest BCUT2D eigenvalue weighted by Gasteiger charge is -2.11. The number of nitrogens with zero attached hydrogens (tertiary/aromatic N) is 1. The summed E-state index contributed by atoms with van der Waals surface area (Å²) in [6.07, 6.45) is 12.5. The first kappa shape index (κ1) is 21.9. The average Bonchev–Trinajstić information content (AvgIpc) is 2.60. The first-order valence-corrected chi connectivity index (χ1v) is 9.73. The van der Waals surface area contributed by atoms with Gasteiger partial charge in [-0.3, -0.25) is 14.9 Å². The van der Waals surface area contributed by atoms with Gasteiger partial charge in [0.25, 0.3) is 5.69 Å². The third kappa shape index (κ3) is 9.39. The third-order valence-corrected chi connectivity index (χ3v) is 4.24. The molecule has 6 nitrogen and oxygen atoms in total. The van der Waals surface area contributed by atoms with Crippen molar-refractivity contribution in [1.82, 2.24) is 0 Å². The molecule has 0 radical (unpaired) electrons. The molecule has 0 unspecified atom stereocenters. The van der Waals surface area contributed by atoms with E-state index in [9.17, 15) is 14.9 Å². The van der Waals surface area contributed by atoms with Crippen LogP contribution in [0, 0.1) is 10.1 Å². The number of rotatable bonds is 14. The van der Waals surface area contributed by atoms with Gasteiger partial charge in [-0.05, 0) is 12.5 Å². The second kappa shape index (κ2) is 13.1. The lowest BCUT2D eigenvalue weighted by Crippen LogP contribution is -2.09. The Morgan fingerprint density at radius 3 is 2.15 bits per heavy atom. The summed E-state index contributed by atoms with van der Waals surface area (Å²) >= 11 is 0. The molecule has 0 aromatic heterocycles. The molecule has 0 fully saturated rings. The van der Waals surface area contributed by atoms with Gasteiger partial charge in [0.05, 0.1) is 17.2 Å². The number of anilines is 1. The molecule has 26 heavy (non-hydrogen) atoms. The highest BCUT2D eigenvalue weighted by Crippen LogP contribution is 2.29. The quantitative estimate of drug-likeness (QED) is 0.255. The van der Waals surface area contributed by atoms with Crippen molar-refractivity contribution in [2.45, 2.75) is 78.1 Å². The summed E-state index contributed by atoms with van der Waals surface area (Å²) in [4.78, 5) is 21.6. The molecule has 0 aliphatic carbocycles. The molecule has 0 saturated heterocycles. The Hall–Kier alpha value is -2.11. The van der Waals surface area contributed by atoms with E-state index in [0.29, 0.717) is 18.0 Å². The SMILES string of the molecule is CCCCCCCCCCCCOc1ccc([N+](=O)[O-])cc1NC(C)=O. The number of hydrogen-bond acceptors (Lipinski definition) is 4. The van der Waals surface area contributed by atoms with Crippen LogP contribution < -0.4 is 10.1 Å². The summed E-state index contributed by atoms with van der Waals surface area (Å²) < 4.78 is 5.71. The highest BCUT2D eigenvalue weighted by molar-refractivity contribution is 5.90. The first-order chi connectivity index (χ1) is 12.5. The van der Waals surface area contributed by atoms with E-state index in [2.05, 4.69) is 12.2 Å². The zero-order chi connectivity index (χ0) is 19.2. The zero-order valence-electron chi connectivity index (χ0n) is 16.1. The number of nitrogens with one attached hydrogen (secondary N) is 1. The van der Waals surface area contributed by atoms with E-state index in [4.69, 9.17) is 4.74 Å². The van der Waals surface area contributed by atoms with Gasteiger partial charge in [0.1, 0.15) is 5.75 Å². The zero-order valence-corrected chi connectivity index (χ0v) is 16.1. The van der Waals surface area contributed by atoms with E-state index >= 15 is 0 Å². The van der Waals surface area contributed by atoms with Crippen LogP contribution >= 0.6 is 0 Å². The molecule has 0 aliphatic heterocycles. The molecule has 0 atom stereocenters. The maximum atomic E-state index is 11.3. The van der Waals surface area contributed by atoms with Crippen molar-refractivity contribution in [2.24, 2.45) is 0 Å².